The van der Waals surface area contributed by atoms with E-state index >= 15 is 0 Å². The lowest BCUT2D eigenvalue weighted by Crippen LogP contribution is -2.23. The minimum Gasteiger partial charge on any atom is -0.207 e. The Morgan fingerprint density at radius 3 is 2.03 bits per heavy atom. The molecule has 1 aliphatic rings. The van der Waals surface area contributed by atoms with E-state index < -0.39 is 5.92 Å². The van der Waals surface area contributed by atoms with E-state index in [1.165, 1.54) is 54.4 Å². The van der Waals surface area contributed by atoms with Crippen molar-refractivity contribution >= 4 is 6.08 Å². The molecule has 0 aliphatic heterocycles. The second-order valence-electron chi connectivity index (χ2n) is 8.48. The van der Waals surface area contributed by atoms with Crippen molar-refractivity contribution in [1.82, 2.24) is 0 Å². The molecule has 0 atom stereocenters. The molecule has 0 radical (unpaired) electrons. The first-order chi connectivity index (χ1) is 14.1. The average Bonchev–Trinajstić information content (AvgIpc) is 2.74. The zero-order valence-electron chi connectivity index (χ0n) is 17.7. The molecule has 1 fully saturated rings. The summed E-state index contributed by atoms with van der Waals surface area (Å²) in [5.41, 5.74) is 4.81. The molecule has 2 aromatic rings. The van der Waals surface area contributed by atoms with Gasteiger partial charge in [0.15, 0.2) is 0 Å². The van der Waals surface area contributed by atoms with Gasteiger partial charge in [0.05, 0.1) is 0 Å². The number of benzene rings is 2. The standard InChI is InChI=1S/C27H34F2/c1-2-3-4-5-6-7-8-9-22-10-12-23(13-11-22)24-14-16-25(17-15-24)26-18-20-27(28,29)21-19-26/h8-17,26H,2-7,18-21H2,1H3/b9-8+. The zero-order valence-corrected chi connectivity index (χ0v) is 17.7. The summed E-state index contributed by atoms with van der Waals surface area (Å²) in [7, 11) is 0. The third-order valence-corrected chi connectivity index (χ3v) is 6.13. The highest BCUT2D eigenvalue weighted by atomic mass is 19.3. The summed E-state index contributed by atoms with van der Waals surface area (Å²) in [6.45, 7) is 2.25. The molecule has 2 aromatic carbocycles. The molecule has 29 heavy (non-hydrogen) atoms. The molecule has 0 heterocycles. The molecule has 3 rings (SSSR count). The Kier molecular flexibility index (Phi) is 8.03. The van der Waals surface area contributed by atoms with Crippen molar-refractivity contribution in [1.29, 1.82) is 0 Å². The van der Waals surface area contributed by atoms with Gasteiger partial charge in [0.2, 0.25) is 5.92 Å². The largest absolute Gasteiger partial charge is 0.248 e. The topological polar surface area (TPSA) is 0 Å². The maximum atomic E-state index is 13.4. The highest BCUT2D eigenvalue weighted by molar-refractivity contribution is 5.66. The first kappa shape index (κ1) is 21.7. The Morgan fingerprint density at radius 2 is 1.41 bits per heavy atom. The SMILES string of the molecule is CCCCCCC/C=C/c1ccc(-c2ccc(C3CCC(F)(F)CC3)cc2)cc1. The van der Waals surface area contributed by atoms with Gasteiger partial charge in [-0.2, -0.15) is 0 Å². The van der Waals surface area contributed by atoms with Crippen LogP contribution in [0.1, 0.15) is 88.2 Å². The van der Waals surface area contributed by atoms with E-state index in [2.05, 4.69) is 67.6 Å². The van der Waals surface area contributed by atoms with Gasteiger partial charge in [-0.25, -0.2) is 8.78 Å². The molecule has 0 unspecified atom stereocenters. The minimum atomic E-state index is -2.46. The van der Waals surface area contributed by atoms with Crippen molar-refractivity contribution in [2.24, 2.45) is 0 Å². The van der Waals surface area contributed by atoms with Crippen LogP contribution in [0.5, 0.6) is 0 Å². The van der Waals surface area contributed by atoms with E-state index in [9.17, 15) is 8.78 Å². The Hall–Kier alpha value is -1.96. The second-order valence-corrected chi connectivity index (χ2v) is 8.48. The van der Waals surface area contributed by atoms with Crippen LogP contribution in [-0.2, 0) is 0 Å². The van der Waals surface area contributed by atoms with Crippen molar-refractivity contribution in [2.75, 3.05) is 0 Å². The highest BCUT2D eigenvalue weighted by Crippen LogP contribution is 2.41. The summed E-state index contributed by atoms with van der Waals surface area (Å²) >= 11 is 0. The van der Waals surface area contributed by atoms with Gasteiger partial charge in [-0.05, 0) is 53.9 Å². The molecule has 0 spiro atoms. The van der Waals surface area contributed by atoms with Crippen LogP contribution >= 0.6 is 0 Å². The summed E-state index contributed by atoms with van der Waals surface area (Å²) in [4.78, 5) is 0. The Labute approximate surface area is 175 Å². The maximum Gasteiger partial charge on any atom is 0.248 e. The predicted octanol–water partition coefficient (Wildman–Crippen LogP) is 9.02. The van der Waals surface area contributed by atoms with Crippen molar-refractivity contribution in [2.45, 2.75) is 83.0 Å². The molecule has 0 nitrogen and oxygen atoms in total. The van der Waals surface area contributed by atoms with Crippen LogP contribution in [0.4, 0.5) is 8.78 Å². The number of alkyl halides is 2. The van der Waals surface area contributed by atoms with Crippen LogP contribution in [0.3, 0.4) is 0 Å². The summed E-state index contributed by atoms with van der Waals surface area (Å²) in [5, 5.41) is 0. The van der Waals surface area contributed by atoms with Crippen molar-refractivity contribution in [3.05, 3.63) is 65.7 Å². The van der Waals surface area contributed by atoms with Gasteiger partial charge in [-0.15, -0.1) is 0 Å². The fraction of sp³-hybridized carbons (Fsp3) is 0.481. The number of hydrogen-bond acceptors (Lipinski definition) is 0. The summed E-state index contributed by atoms with van der Waals surface area (Å²) < 4.78 is 26.7. The Bertz CT molecular complexity index is 746. The minimum absolute atomic E-state index is 0.0210. The van der Waals surface area contributed by atoms with E-state index in [0.29, 0.717) is 12.8 Å². The van der Waals surface area contributed by atoms with Crippen molar-refractivity contribution < 1.29 is 8.78 Å². The van der Waals surface area contributed by atoms with Gasteiger partial charge in [-0.1, -0.05) is 93.3 Å². The van der Waals surface area contributed by atoms with E-state index in [-0.39, 0.29) is 18.8 Å². The maximum absolute atomic E-state index is 13.4. The number of halogens is 2. The van der Waals surface area contributed by atoms with Crippen LogP contribution in [0.15, 0.2) is 54.6 Å². The molecule has 0 N–H and O–H groups in total. The molecule has 0 saturated heterocycles. The van der Waals surface area contributed by atoms with E-state index in [0.717, 1.165) is 6.42 Å². The molecule has 0 amide bonds. The lowest BCUT2D eigenvalue weighted by Gasteiger charge is -2.28. The fourth-order valence-corrected chi connectivity index (χ4v) is 4.19. The van der Waals surface area contributed by atoms with E-state index in [1.807, 2.05) is 0 Å². The first-order valence-electron chi connectivity index (χ1n) is 11.3. The van der Waals surface area contributed by atoms with Crippen LogP contribution in [0.25, 0.3) is 17.2 Å². The predicted molar refractivity (Wildman–Crippen MR) is 120 cm³/mol. The number of hydrogen-bond donors (Lipinski definition) is 0. The normalized spacial score (nSPS) is 17.1. The summed E-state index contributed by atoms with van der Waals surface area (Å²) in [6.07, 6.45) is 13.5. The Balaban J connectivity index is 1.51. The van der Waals surface area contributed by atoms with Crippen LogP contribution < -0.4 is 0 Å². The van der Waals surface area contributed by atoms with Gasteiger partial charge in [0.25, 0.3) is 0 Å². The number of allylic oxidation sites excluding steroid dienone is 1. The average molecular weight is 397 g/mol. The lowest BCUT2D eigenvalue weighted by atomic mass is 9.82. The van der Waals surface area contributed by atoms with Gasteiger partial charge in [0, 0.05) is 12.8 Å². The van der Waals surface area contributed by atoms with Gasteiger partial charge < -0.3 is 0 Å². The molecule has 1 aliphatic carbocycles. The molecule has 0 aromatic heterocycles. The van der Waals surface area contributed by atoms with Gasteiger partial charge >= 0.3 is 0 Å². The second kappa shape index (κ2) is 10.7. The molecule has 1 saturated carbocycles. The monoisotopic (exact) mass is 396 g/mol. The highest BCUT2D eigenvalue weighted by Gasteiger charge is 2.35. The van der Waals surface area contributed by atoms with Crippen molar-refractivity contribution in [3.63, 3.8) is 0 Å². The third kappa shape index (κ3) is 6.80. The molecular formula is C27H34F2. The molecule has 0 bridgehead atoms. The van der Waals surface area contributed by atoms with E-state index in [4.69, 9.17) is 0 Å². The lowest BCUT2D eigenvalue weighted by molar-refractivity contribution is -0.0382. The first-order valence-corrected chi connectivity index (χ1v) is 11.3. The summed E-state index contributed by atoms with van der Waals surface area (Å²) in [6, 6.07) is 17.2. The smallest absolute Gasteiger partial charge is 0.207 e. The van der Waals surface area contributed by atoms with Crippen LogP contribution in [-0.4, -0.2) is 5.92 Å². The quantitative estimate of drug-likeness (QED) is 0.371. The van der Waals surface area contributed by atoms with Crippen LogP contribution in [0, 0.1) is 0 Å². The zero-order chi connectivity index (χ0) is 20.5. The van der Waals surface area contributed by atoms with Gasteiger partial charge in [0.1, 0.15) is 0 Å². The molecular weight excluding hydrogens is 362 g/mol. The van der Waals surface area contributed by atoms with Crippen molar-refractivity contribution in [3.8, 4) is 11.1 Å². The number of rotatable bonds is 9. The third-order valence-electron chi connectivity index (χ3n) is 6.13. The van der Waals surface area contributed by atoms with E-state index in [1.54, 1.807) is 0 Å². The molecule has 2 heteroatoms. The summed E-state index contributed by atoms with van der Waals surface area (Å²) in [5.74, 6) is -2.18. The van der Waals surface area contributed by atoms with Gasteiger partial charge in [-0.3, -0.25) is 0 Å². The fourth-order valence-electron chi connectivity index (χ4n) is 4.19. The Morgan fingerprint density at radius 1 is 0.828 bits per heavy atom. The van der Waals surface area contributed by atoms with Crippen LogP contribution in [0.2, 0.25) is 0 Å². The molecule has 156 valence electrons. The number of unbranched alkanes of at least 4 members (excludes halogenated alkanes) is 5.